The maximum atomic E-state index is 3.50. The summed E-state index contributed by atoms with van der Waals surface area (Å²) in [6.07, 6.45) is 7.05. The molecule has 0 heterocycles. The molecule has 0 saturated heterocycles. The van der Waals surface area contributed by atoms with Crippen molar-refractivity contribution in [3.63, 3.8) is 0 Å². The minimum Gasteiger partial charge on any atom is -0.313 e. The van der Waals surface area contributed by atoms with E-state index in [4.69, 9.17) is 0 Å². The summed E-state index contributed by atoms with van der Waals surface area (Å²) >= 11 is 0. The van der Waals surface area contributed by atoms with Crippen LogP contribution in [0.1, 0.15) is 37.7 Å². The fraction of sp³-hybridized carbons (Fsp3) is 0.571. The van der Waals surface area contributed by atoms with Crippen molar-refractivity contribution in [2.24, 2.45) is 0 Å². The lowest BCUT2D eigenvalue weighted by atomic mass is 10.1. The summed E-state index contributed by atoms with van der Waals surface area (Å²) in [5.41, 5.74) is 1.39. The largest absolute Gasteiger partial charge is 0.313 e. The first-order valence-corrected chi connectivity index (χ1v) is 8.09. The molecule has 0 fully saturated rings. The highest BCUT2D eigenvalue weighted by molar-refractivity contribution is 6.08. The summed E-state index contributed by atoms with van der Waals surface area (Å²) < 4.78 is 0. The normalized spacial score (nSPS) is 10.8. The van der Waals surface area contributed by atoms with Crippen LogP contribution in [0.5, 0.6) is 0 Å². The van der Waals surface area contributed by atoms with Crippen LogP contribution in [-0.2, 0) is 6.54 Å². The van der Waals surface area contributed by atoms with Gasteiger partial charge in [-0.3, -0.25) is 0 Å². The number of rotatable bonds is 9. The predicted molar refractivity (Wildman–Crippen MR) is 76.0 cm³/mol. The average molecular weight is 235 g/mol. The molecule has 2 heteroatoms. The van der Waals surface area contributed by atoms with Crippen molar-refractivity contribution in [2.45, 2.75) is 44.7 Å². The Labute approximate surface area is 103 Å². The smallest absolute Gasteiger partial charge is 0.0205 e. The van der Waals surface area contributed by atoms with Crippen LogP contribution >= 0.6 is 0 Å². The number of hydrogen-bond donors (Lipinski definition) is 1. The van der Waals surface area contributed by atoms with E-state index in [2.05, 4.69) is 35.6 Å². The van der Waals surface area contributed by atoms with Crippen LogP contribution in [0.3, 0.4) is 0 Å². The molecule has 0 aromatic heterocycles. The van der Waals surface area contributed by atoms with E-state index >= 15 is 0 Å². The standard InChI is InChI=1S/C14H25NSi/c16-12-8-3-1-2-7-11-15-13-14-9-5-4-6-10-14/h4-6,9-10,15H,1-3,7-8,11-13H2,16H3. The minimum absolute atomic E-state index is 1.02. The molecule has 1 aromatic carbocycles. The van der Waals surface area contributed by atoms with E-state index in [0.717, 1.165) is 13.1 Å². The molecule has 0 spiro atoms. The molecule has 0 bridgehead atoms. The molecule has 0 amide bonds. The monoisotopic (exact) mass is 235 g/mol. The Bertz CT molecular complexity index is 248. The van der Waals surface area contributed by atoms with Gasteiger partial charge in [-0.2, -0.15) is 0 Å². The Morgan fingerprint density at radius 3 is 2.31 bits per heavy atom. The van der Waals surface area contributed by atoms with Crippen LogP contribution in [-0.4, -0.2) is 16.8 Å². The molecular weight excluding hydrogens is 210 g/mol. The lowest BCUT2D eigenvalue weighted by molar-refractivity contribution is 0.583. The highest BCUT2D eigenvalue weighted by atomic mass is 28.1. The molecule has 1 nitrogen and oxygen atoms in total. The van der Waals surface area contributed by atoms with Crippen LogP contribution < -0.4 is 5.32 Å². The summed E-state index contributed by atoms with van der Waals surface area (Å²) in [5.74, 6) is 0. The second-order valence-electron chi connectivity index (χ2n) is 4.43. The minimum atomic E-state index is 1.02. The molecule has 16 heavy (non-hydrogen) atoms. The van der Waals surface area contributed by atoms with Gasteiger partial charge in [-0.1, -0.05) is 62.1 Å². The molecule has 0 aliphatic heterocycles. The van der Waals surface area contributed by atoms with Gasteiger partial charge in [0.1, 0.15) is 0 Å². The van der Waals surface area contributed by atoms with Gasteiger partial charge >= 0.3 is 0 Å². The van der Waals surface area contributed by atoms with Gasteiger partial charge < -0.3 is 5.32 Å². The van der Waals surface area contributed by atoms with Crippen molar-refractivity contribution in [1.82, 2.24) is 5.32 Å². The molecule has 1 aromatic rings. The lowest BCUT2D eigenvalue weighted by Crippen LogP contribution is -2.14. The van der Waals surface area contributed by atoms with Crippen molar-refractivity contribution in [3.8, 4) is 0 Å². The first kappa shape index (κ1) is 13.5. The highest BCUT2D eigenvalue weighted by Gasteiger charge is 1.92. The Morgan fingerprint density at radius 2 is 1.56 bits per heavy atom. The zero-order valence-electron chi connectivity index (χ0n) is 10.5. The Balaban J connectivity index is 1.89. The first-order chi connectivity index (χ1) is 7.93. The Morgan fingerprint density at radius 1 is 0.875 bits per heavy atom. The van der Waals surface area contributed by atoms with Gasteiger partial charge in [0, 0.05) is 16.8 Å². The van der Waals surface area contributed by atoms with Gasteiger partial charge in [-0.05, 0) is 18.5 Å². The zero-order chi connectivity index (χ0) is 11.5. The van der Waals surface area contributed by atoms with Crippen LogP contribution in [0.15, 0.2) is 30.3 Å². The summed E-state index contributed by atoms with van der Waals surface area (Å²) in [6.45, 7) is 2.18. The number of benzene rings is 1. The molecular formula is C14H25NSi. The van der Waals surface area contributed by atoms with Crippen molar-refractivity contribution in [2.75, 3.05) is 6.54 Å². The van der Waals surface area contributed by atoms with E-state index in [-0.39, 0.29) is 0 Å². The Hall–Kier alpha value is -0.603. The van der Waals surface area contributed by atoms with Crippen LogP contribution in [0.25, 0.3) is 0 Å². The summed E-state index contributed by atoms with van der Waals surface area (Å²) in [6, 6.07) is 12.1. The molecule has 90 valence electrons. The molecule has 0 saturated carbocycles. The summed E-state index contributed by atoms with van der Waals surface area (Å²) in [5, 5.41) is 3.50. The molecule has 0 radical (unpaired) electrons. The van der Waals surface area contributed by atoms with Gasteiger partial charge in [0.25, 0.3) is 0 Å². The van der Waals surface area contributed by atoms with E-state index in [1.54, 1.807) is 0 Å². The molecule has 1 rings (SSSR count). The fourth-order valence-electron chi connectivity index (χ4n) is 1.86. The van der Waals surface area contributed by atoms with Gasteiger partial charge in [0.15, 0.2) is 0 Å². The van der Waals surface area contributed by atoms with Gasteiger partial charge in [0.2, 0.25) is 0 Å². The third-order valence-corrected chi connectivity index (χ3v) is 3.59. The van der Waals surface area contributed by atoms with E-state index in [1.807, 2.05) is 0 Å². The zero-order valence-corrected chi connectivity index (χ0v) is 12.5. The second kappa shape index (κ2) is 9.61. The topological polar surface area (TPSA) is 12.0 Å². The maximum absolute atomic E-state index is 3.50. The van der Waals surface area contributed by atoms with E-state index in [0.29, 0.717) is 0 Å². The fourth-order valence-corrected chi connectivity index (χ4v) is 2.36. The van der Waals surface area contributed by atoms with E-state index in [1.165, 1.54) is 54.0 Å². The van der Waals surface area contributed by atoms with Crippen LogP contribution in [0.4, 0.5) is 0 Å². The van der Waals surface area contributed by atoms with Crippen LogP contribution in [0, 0.1) is 0 Å². The Kier molecular flexibility index (Phi) is 8.09. The van der Waals surface area contributed by atoms with Crippen molar-refractivity contribution in [3.05, 3.63) is 35.9 Å². The molecule has 0 aliphatic carbocycles. The first-order valence-electron chi connectivity index (χ1n) is 6.68. The van der Waals surface area contributed by atoms with Crippen molar-refractivity contribution in [1.29, 1.82) is 0 Å². The molecule has 0 atom stereocenters. The average Bonchev–Trinajstić information content (AvgIpc) is 2.34. The summed E-state index contributed by atoms with van der Waals surface area (Å²) in [7, 11) is 1.38. The van der Waals surface area contributed by atoms with E-state index in [9.17, 15) is 0 Å². The second-order valence-corrected chi connectivity index (χ2v) is 5.43. The van der Waals surface area contributed by atoms with Gasteiger partial charge in [-0.15, -0.1) is 0 Å². The quantitative estimate of drug-likeness (QED) is 0.512. The van der Waals surface area contributed by atoms with Crippen molar-refractivity contribution >= 4 is 10.2 Å². The third kappa shape index (κ3) is 6.80. The van der Waals surface area contributed by atoms with Gasteiger partial charge in [0.05, 0.1) is 0 Å². The number of nitrogens with one attached hydrogen (secondary N) is 1. The number of hydrogen-bond acceptors (Lipinski definition) is 1. The molecule has 0 aliphatic rings. The predicted octanol–water partition coefficient (Wildman–Crippen LogP) is 2.51. The van der Waals surface area contributed by atoms with Crippen LogP contribution in [0.2, 0.25) is 6.04 Å². The van der Waals surface area contributed by atoms with Gasteiger partial charge in [-0.25, -0.2) is 0 Å². The van der Waals surface area contributed by atoms with E-state index < -0.39 is 0 Å². The SMILES string of the molecule is [SiH3]CCCCCCCNCc1ccccc1. The highest BCUT2D eigenvalue weighted by Crippen LogP contribution is 2.04. The third-order valence-electron chi connectivity index (χ3n) is 2.88. The van der Waals surface area contributed by atoms with Crippen molar-refractivity contribution < 1.29 is 0 Å². The molecule has 1 N–H and O–H groups in total. The maximum Gasteiger partial charge on any atom is 0.0205 e. The lowest BCUT2D eigenvalue weighted by Gasteiger charge is -2.04. The molecule has 0 unspecified atom stereocenters. The number of unbranched alkanes of at least 4 members (excludes halogenated alkanes) is 4. The summed E-state index contributed by atoms with van der Waals surface area (Å²) in [4.78, 5) is 0.